The van der Waals surface area contributed by atoms with Gasteiger partial charge in [0.15, 0.2) is 5.65 Å². The first-order valence-electron chi connectivity index (χ1n) is 5.74. The van der Waals surface area contributed by atoms with Gasteiger partial charge in [-0.1, -0.05) is 34.5 Å². The minimum atomic E-state index is -0.131. The molecule has 102 valence electrons. The van der Waals surface area contributed by atoms with Gasteiger partial charge in [0.1, 0.15) is 4.60 Å². The van der Waals surface area contributed by atoms with Crippen molar-refractivity contribution in [3.05, 3.63) is 44.6 Å². The summed E-state index contributed by atoms with van der Waals surface area (Å²) in [5, 5.41) is 9.28. The van der Waals surface area contributed by atoms with Crippen molar-refractivity contribution >= 4 is 50.4 Å². The van der Waals surface area contributed by atoms with Crippen LogP contribution in [0.15, 0.2) is 29.0 Å². The first-order valence-corrected chi connectivity index (χ1v) is 7.29. The molecule has 1 unspecified atom stereocenters. The molecule has 20 heavy (non-hydrogen) atoms. The van der Waals surface area contributed by atoms with Crippen molar-refractivity contribution in [2.24, 2.45) is 0 Å². The zero-order chi connectivity index (χ0) is 14.3. The van der Waals surface area contributed by atoms with Gasteiger partial charge in [-0.15, -0.1) is 5.10 Å². The van der Waals surface area contributed by atoms with Gasteiger partial charge in [0, 0.05) is 10.0 Å². The number of halogens is 3. The van der Waals surface area contributed by atoms with Crippen molar-refractivity contribution in [2.75, 3.05) is 0 Å². The topological polar surface area (TPSA) is 56.5 Å². The van der Waals surface area contributed by atoms with E-state index in [9.17, 15) is 0 Å². The highest BCUT2D eigenvalue weighted by atomic mass is 79.9. The second kappa shape index (κ2) is 5.27. The first-order chi connectivity index (χ1) is 9.56. The molecule has 0 bridgehead atoms. The summed E-state index contributed by atoms with van der Waals surface area (Å²) in [6.45, 7) is 1.96. The zero-order valence-electron chi connectivity index (χ0n) is 10.3. The summed E-state index contributed by atoms with van der Waals surface area (Å²) in [6, 6.07) is 5.23. The molecule has 3 rings (SSSR count). The van der Waals surface area contributed by atoms with Gasteiger partial charge in [-0.25, -0.2) is 14.6 Å². The zero-order valence-corrected chi connectivity index (χ0v) is 13.4. The van der Waals surface area contributed by atoms with Crippen LogP contribution in [0.1, 0.15) is 18.5 Å². The van der Waals surface area contributed by atoms with Crippen molar-refractivity contribution in [3.8, 4) is 0 Å². The van der Waals surface area contributed by atoms with E-state index in [1.54, 1.807) is 23.0 Å². The lowest BCUT2D eigenvalue weighted by Gasteiger charge is -2.14. The number of aromatic nitrogens is 5. The largest absolute Gasteiger partial charge is 0.229 e. The van der Waals surface area contributed by atoms with Crippen LogP contribution in [-0.4, -0.2) is 25.0 Å². The summed E-state index contributed by atoms with van der Waals surface area (Å²) in [7, 11) is 0. The van der Waals surface area contributed by atoms with E-state index in [0.717, 1.165) is 5.56 Å². The SMILES string of the molecule is CC(c1ccc(Cl)cc1Cl)n1nnc2ncc(Br)nc21. The molecule has 1 aromatic carbocycles. The maximum Gasteiger partial charge on any atom is 0.221 e. The van der Waals surface area contributed by atoms with Gasteiger partial charge in [0.25, 0.3) is 0 Å². The summed E-state index contributed by atoms with van der Waals surface area (Å²) in [5.41, 5.74) is 1.98. The predicted octanol–water partition coefficient (Wildman–Crippen LogP) is 3.90. The van der Waals surface area contributed by atoms with Gasteiger partial charge in [-0.2, -0.15) is 0 Å². The van der Waals surface area contributed by atoms with E-state index in [1.807, 2.05) is 13.0 Å². The van der Waals surface area contributed by atoms with E-state index in [0.29, 0.717) is 25.9 Å². The van der Waals surface area contributed by atoms with Crippen LogP contribution in [0.3, 0.4) is 0 Å². The van der Waals surface area contributed by atoms with Crippen molar-refractivity contribution in [1.82, 2.24) is 25.0 Å². The normalized spacial score (nSPS) is 12.8. The highest BCUT2D eigenvalue weighted by molar-refractivity contribution is 9.10. The van der Waals surface area contributed by atoms with Crippen LogP contribution in [0, 0.1) is 0 Å². The van der Waals surface area contributed by atoms with E-state index >= 15 is 0 Å². The summed E-state index contributed by atoms with van der Waals surface area (Å²) in [4.78, 5) is 8.51. The van der Waals surface area contributed by atoms with Crippen LogP contribution < -0.4 is 0 Å². The van der Waals surface area contributed by atoms with E-state index in [4.69, 9.17) is 23.2 Å². The summed E-state index contributed by atoms with van der Waals surface area (Å²) in [5.74, 6) is 0. The van der Waals surface area contributed by atoms with Gasteiger partial charge >= 0.3 is 0 Å². The Kier molecular flexibility index (Phi) is 3.62. The van der Waals surface area contributed by atoms with Gasteiger partial charge in [0.2, 0.25) is 5.65 Å². The molecule has 3 aromatic rings. The van der Waals surface area contributed by atoms with Gasteiger partial charge < -0.3 is 0 Å². The molecule has 0 fully saturated rings. The molecule has 0 saturated heterocycles. The molecule has 2 heterocycles. The molecule has 0 amide bonds. The van der Waals surface area contributed by atoms with Crippen molar-refractivity contribution in [1.29, 1.82) is 0 Å². The van der Waals surface area contributed by atoms with Gasteiger partial charge in [-0.3, -0.25) is 0 Å². The minimum Gasteiger partial charge on any atom is -0.229 e. The molecule has 0 N–H and O–H groups in total. The number of benzene rings is 1. The molecule has 0 aliphatic heterocycles. The fraction of sp³-hybridized carbons (Fsp3) is 0.167. The Hall–Kier alpha value is -1.24. The molecule has 8 heteroatoms. The maximum absolute atomic E-state index is 6.23. The number of nitrogens with zero attached hydrogens (tertiary/aromatic N) is 5. The molecule has 0 aliphatic carbocycles. The monoisotopic (exact) mass is 371 g/mol. The number of fused-ring (bicyclic) bond motifs is 1. The van der Waals surface area contributed by atoms with Gasteiger partial charge in [0.05, 0.1) is 12.2 Å². The summed E-state index contributed by atoms with van der Waals surface area (Å²) in [6.07, 6.45) is 1.58. The smallest absolute Gasteiger partial charge is 0.221 e. The van der Waals surface area contributed by atoms with Crippen molar-refractivity contribution in [3.63, 3.8) is 0 Å². The van der Waals surface area contributed by atoms with Crippen LogP contribution in [0.5, 0.6) is 0 Å². The first kappa shape index (κ1) is 13.7. The molecule has 0 saturated carbocycles. The quantitative estimate of drug-likeness (QED) is 0.684. The number of hydrogen-bond acceptors (Lipinski definition) is 4. The summed E-state index contributed by atoms with van der Waals surface area (Å²) >= 11 is 15.4. The molecule has 0 radical (unpaired) electrons. The van der Waals surface area contributed by atoms with E-state index in [1.165, 1.54) is 0 Å². The van der Waals surface area contributed by atoms with Crippen molar-refractivity contribution < 1.29 is 0 Å². The Labute approximate surface area is 133 Å². The molecule has 1 atom stereocenters. The van der Waals surface area contributed by atoms with Crippen LogP contribution in [0.4, 0.5) is 0 Å². The van der Waals surface area contributed by atoms with E-state index in [2.05, 4.69) is 36.2 Å². The van der Waals surface area contributed by atoms with E-state index in [-0.39, 0.29) is 6.04 Å². The third-order valence-electron chi connectivity index (χ3n) is 2.94. The lowest BCUT2D eigenvalue weighted by molar-refractivity contribution is 0.556. The predicted molar refractivity (Wildman–Crippen MR) is 81.1 cm³/mol. The molecular weight excluding hydrogens is 365 g/mol. The van der Waals surface area contributed by atoms with Gasteiger partial charge in [-0.05, 0) is 40.5 Å². The molecule has 0 spiro atoms. The molecular formula is C12H8BrCl2N5. The standard InChI is InChI=1S/C12H8BrCl2N5/c1-6(8-3-2-7(14)4-9(8)15)20-12-11(18-19-20)16-5-10(13)17-12/h2-6H,1H3. The fourth-order valence-electron chi connectivity index (χ4n) is 1.94. The molecule has 5 nitrogen and oxygen atoms in total. The Bertz CT molecular complexity index is 789. The average Bonchev–Trinajstić information content (AvgIpc) is 2.81. The fourth-order valence-corrected chi connectivity index (χ4v) is 2.78. The van der Waals surface area contributed by atoms with Crippen LogP contribution in [0.25, 0.3) is 11.3 Å². The Morgan fingerprint density at radius 2 is 2.10 bits per heavy atom. The second-order valence-electron chi connectivity index (χ2n) is 4.22. The lowest BCUT2D eigenvalue weighted by Crippen LogP contribution is -2.10. The number of rotatable bonds is 2. The van der Waals surface area contributed by atoms with Crippen molar-refractivity contribution in [2.45, 2.75) is 13.0 Å². The van der Waals surface area contributed by atoms with E-state index < -0.39 is 0 Å². The highest BCUT2D eigenvalue weighted by Crippen LogP contribution is 2.29. The third kappa shape index (κ3) is 2.39. The highest BCUT2D eigenvalue weighted by Gasteiger charge is 2.17. The maximum atomic E-state index is 6.23. The minimum absolute atomic E-state index is 0.131. The second-order valence-corrected chi connectivity index (χ2v) is 5.87. The van der Waals surface area contributed by atoms with Crippen LogP contribution in [0.2, 0.25) is 10.0 Å². The Balaban J connectivity index is 2.12. The van der Waals surface area contributed by atoms with Crippen LogP contribution in [-0.2, 0) is 0 Å². The number of hydrogen-bond donors (Lipinski definition) is 0. The third-order valence-corrected chi connectivity index (χ3v) is 3.88. The molecule has 2 aromatic heterocycles. The Morgan fingerprint density at radius 1 is 1.30 bits per heavy atom. The average molecular weight is 373 g/mol. The van der Waals surface area contributed by atoms with Crippen LogP contribution >= 0.6 is 39.1 Å². The lowest BCUT2D eigenvalue weighted by atomic mass is 10.1. The summed E-state index contributed by atoms with van der Waals surface area (Å²) < 4.78 is 2.31. The Morgan fingerprint density at radius 3 is 2.85 bits per heavy atom. The molecule has 0 aliphatic rings.